The van der Waals surface area contributed by atoms with E-state index in [0.717, 1.165) is 89.9 Å². The van der Waals surface area contributed by atoms with Crippen LogP contribution in [0.4, 0.5) is 0 Å². The van der Waals surface area contributed by atoms with Crippen molar-refractivity contribution in [1.82, 2.24) is 5.32 Å². The number of aliphatic hydroxyl groups is 1. The average Bonchev–Trinajstić information content (AvgIpc) is 3.42. The third-order valence-electron chi connectivity index (χ3n) is 17.6. The maximum Gasteiger partial charge on any atom is 0.472 e. The number of amides is 1. The van der Waals surface area contributed by atoms with E-state index in [9.17, 15) is 19.4 Å². The van der Waals surface area contributed by atoms with Crippen molar-refractivity contribution in [1.29, 1.82) is 0 Å². The van der Waals surface area contributed by atoms with Gasteiger partial charge >= 0.3 is 7.82 Å². The average molecular weight is 1290 g/mol. The highest BCUT2D eigenvalue weighted by atomic mass is 31.2. The molecule has 0 heterocycles. The van der Waals surface area contributed by atoms with Crippen LogP contribution in [0.3, 0.4) is 0 Å². The quantitative estimate of drug-likeness (QED) is 0.0243. The van der Waals surface area contributed by atoms with Crippen molar-refractivity contribution in [2.24, 2.45) is 0 Å². The van der Waals surface area contributed by atoms with Crippen molar-refractivity contribution < 1.29 is 32.9 Å². The van der Waals surface area contributed by atoms with Crippen LogP contribution in [0.1, 0.15) is 367 Å². The first-order valence-electron chi connectivity index (χ1n) is 39.1. The van der Waals surface area contributed by atoms with Gasteiger partial charge in [0.15, 0.2) is 0 Å². The van der Waals surface area contributed by atoms with Crippen LogP contribution < -0.4 is 5.32 Å². The molecule has 0 aromatic heterocycles. The molecule has 530 valence electrons. The molecule has 0 fully saturated rings. The third kappa shape index (κ3) is 74.7. The van der Waals surface area contributed by atoms with Gasteiger partial charge in [-0.05, 0) is 77.0 Å². The predicted molar refractivity (Wildman–Crippen MR) is 401 cm³/mol. The van der Waals surface area contributed by atoms with Crippen LogP contribution in [0.5, 0.6) is 0 Å². The fourth-order valence-electron chi connectivity index (χ4n) is 11.6. The molecule has 0 aromatic carbocycles. The Hall–Kier alpha value is -2.58. The second-order valence-corrected chi connectivity index (χ2v) is 29.2. The maximum atomic E-state index is 13.1. The molecule has 0 rings (SSSR count). The molecule has 3 atom stereocenters. The fourth-order valence-corrected chi connectivity index (χ4v) is 12.3. The summed E-state index contributed by atoms with van der Waals surface area (Å²) >= 11 is 0. The van der Waals surface area contributed by atoms with Gasteiger partial charge < -0.3 is 19.8 Å². The lowest BCUT2D eigenvalue weighted by Gasteiger charge is -2.26. The second kappa shape index (κ2) is 71.7. The molecule has 0 saturated carbocycles. The highest BCUT2D eigenvalue weighted by Crippen LogP contribution is 2.43. The Morgan fingerprint density at radius 3 is 0.967 bits per heavy atom. The number of likely N-dealkylation sites (N-methyl/N-ethyl adjacent to an activating group) is 1. The largest absolute Gasteiger partial charge is 0.472 e. The van der Waals surface area contributed by atoms with Crippen molar-refractivity contribution in [3.63, 3.8) is 0 Å². The lowest BCUT2D eigenvalue weighted by atomic mass is 10.0. The van der Waals surface area contributed by atoms with Crippen LogP contribution >= 0.6 is 7.82 Å². The first kappa shape index (κ1) is 88.4. The van der Waals surface area contributed by atoms with Gasteiger partial charge in [-0.15, -0.1) is 0 Å². The van der Waals surface area contributed by atoms with Crippen LogP contribution in [-0.4, -0.2) is 73.4 Å². The van der Waals surface area contributed by atoms with E-state index in [1.54, 1.807) is 0 Å². The van der Waals surface area contributed by atoms with Crippen molar-refractivity contribution in [3.05, 3.63) is 97.2 Å². The van der Waals surface area contributed by atoms with Gasteiger partial charge in [0.1, 0.15) is 13.2 Å². The Balaban J connectivity index is 4.01. The van der Waals surface area contributed by atoms with Crippen molar-refractivity contribution in [2.45, 2.75) is 379 Å². The van der Waals surface area contributed by atoms with E-state index < -0.39 is 20.0 Å². The minimum Gasteiger partial charge on any atom is -0.391 e. The van der Waals surface area contributed by atoms with Crippen molar-refractivity contribution in [2.75, 3.05) is 40.9 Å². The van der Waals surface area contributed by atoms with E-state index >= 15 is 0 Å². The summed E-state index contributed by atoms with van der Waals surface area (Å²) in [5.41, 5.74) is 0. The number of carbonyl (C=O) groups is 1. The number of phosphoric acid groups is 1. The Bertz CT molecular complexity index is 1810. The summed E-state index contributed by atoms with van der Waals surface area (Å²) in [6.07, 6.45) is 104. The van der Waals surface area contributed by atoms with Crippen LogP contribution in [-0.2, 0) is 18.4 Å². The van der Waals surface area contributed by atoms with Gasteiger partial charge in [-0.25, -0.2) is 4.57 Å². The van der Waals surface area contributed by atoms with Crippen LogP contribution in [0.15, 0.2) is 97.2 Å². The molecule has 91 heavy (non-hydrogen) atoms. The number of phosphoric ester groups is 1. The molecule has 0 spiro atoms. The Morgan fingerprint density at radius 1 is 0.385 bits per heavy atom. The zero-order chi connectivity index (χ0) is 66.2. The molecule has 9 heteroatoms. The molecule has 0 aromatic rings. The number of allylic oxidation sites excluding steroid dienone is 16. The topological polar surface area (TPSA) is 105 Å². The third-order valence-corrected chi connectivity index (χ3v) is 18.6. The minimum atomic E-state index is -4.34. The van der Waals surface area contributed by atoms with E-state index in [1.165, 1.54) is 250 Å². The number of nitrogens with zero attached hydrogens (tertiary/aromatic N) is 1. The highest BCUT2D eigenvalue weighted by Gasteiger charge is 2.28. The Labute approximate surface area is 566 Å². The normalized spacial score (nSPS) is 14.1. The van der Waals surface area contributed by atoms with Crippen LogP contribution in [0, 0.1) is 0 Å². The number of unbranched alkanes of at least 4 members (excludes halogenated alkanes) is 43. The van der Waals surface area contributed by atoms with Crippen LogP contribution in [0.2, 0.25) is 0 Å². The standard InChI is InChI=1S/C82H151N2O6P/c1-6-8-10-12-14-16-18-20-22-24-26-28-30-32-34-36-38-40-41-42-43-44-46-48-50-52-54-56-58-60-62-64-66-68-70-72-74-76-82(86)83-80(79-90-91(87,88)89-78-77-84(3,4)5)81(85)75-73-71-69-67-65-63-61-59-57-55-53-51-49-47-45-39-37-35-33-31-29-27-25-23-21-19-17-15-13-11-9-7-2/h8,10,14,16,20,22,26,28,32,34,38,40,42-43,46,48,80-81,85H,6-7,9,11-13,15,17-19,21,23-25,27,29-31,33,35-37,39,41,44-45,47,49-79H2,1-5H3,(H-,83,86,87,88)/p+1/b10-8-,16-14-,22-20-,28-26-,34-32-,40-38-,43-42-,48-46-. The molecule has 0 aliphatic carbocycles. The van der Waals surface area contributed by atoms with Gasteiger partial charge in [-0.1, -0.05) is 381 Å². The van der Waals surface area contributed by atoms with E-state index in [-0.39, 0.29) is 19.1 Å². The lowest BCUT2D eigenvalue weighted by Crippen LogP contribution is -2.46. The second-order valence-electron chi connectivity index (χ2n) is 27.7. The zero-order valence-electron chi connectivity index (χ0n) is 60.8. The van der Waals surface area contributed by atoms with Gasteiger partial charge in [0.25, 0.3) is 0 Å². The SMILES string of the molecule is CC/C=C\C/C=C\C/C=C\C/C=C\C/C=C\C/C=C\C/C=C\C/C=C\CCCCCCCCCCCCCCC(=O)NC(COP(=O)(O)OCC[N+](C)(C)C)C(O)CCCCCCCCCCCCCCCCCCCCCCCCCCCCCCCCCC. The first-order valence-corrected chi connectivity index (χ1v) is 40.6. The van der Waals surface area contributed by atoms with E-state index in [2.05, 4.69) is 116 Å². The molecule has 0 radical (unpaired) electrons. The molecule has 8 nitrogen and oxygen atoms in total. The Morgan fingerprint density at radius 2 is 0.659 bits per heavy atom. The summed E-state index contributed by atoms with van der Waals surface area (Å²) in [6, 6.07) is -0.770. The summed E-state index contributed by atoms with van der Waals surface area (Å²) < 4.78 is 24.0. The van der Waals surface area contributed by atoms with E-state index in [4.69, 9.17) is 9.05 Å². The van der Waals surface area contributed by atoms with E-state index in [1.807, 2.05) is 21.1 Å². The summed E-state index contributed by atoms with van der Waals surface area (Å²) in [5.74, 6) is -0.144. The van der Waals surface area contributed by atoms with Gasteiger partial charge in [-0.2, -0.15) is 0 Å². The highest BCUT2D eigenvalue weighted by molar-refractivity contribution is 7.47. The van der Waals surface area contributed by atoms with Crippen LogP contribution in [0.25, 0.3) is 0 Å². The molecular weight excluding hydrogens is 1140 g/mol. The number of quaternary nitrogens is 1. The molecule has 0 saturated heterocycles. The van der Waals surface area contributed by atoms with Gasteiger partial charge in [-0.3, -0.25) is 13.8 Å². The molecule has 3 N–H and O–H groups in total. The zero-order valence-corrected chi connectivity index (χ0v) is 61.7. The number of nitrogens with one attached hydrogen (secondary N) is 1. The summed E-state index contributed by atoms with van der Waals surface area (Å²) in [5, 5.41) is 14.2. The maximum absolute atomic E-state index is 13.1. The molecule has 3 unspecified atom stereocenters. The molecule has 0 aliphatic rings. The van der Waals surface area contributed by atoms with Crippen molar-refractivity contribution >= 4 is 13.7 Å². The van der Waals surface area contributed by atoms with Crippen molar-refractivity contribution in [3.8, 4) is 0 Å². The Kier molecular flexibility index (Phi) is 69.7. The monoisotopic (exact) mass is 1290 g/mol. The van der Waals surface area contributed by atoms with Gasteiger partial charge in [0.2, 0.25) is 5.91 Å². The minimum absolute atomic E-state index is 0.0718. The number of hydrogen-bond acceptors (Lipinski definition) is 5. The predicted octanol–water partition coefficient (Wildman–Crippen LogP) is 25.6. The number of hydrogen-bond donors (Lipinski definition) is 3. The molecule has 0 aliphatic heterocycles. The number of carbonyl (C=O) groups excluding carboxylic acids is 1. The number of aliphatic hydroxyl groups excluding tert-OH is 1. The van der Waals surface area contributed by atoms with Gasteiger partial charge in [0, 0.05) is 6.42 Å². The smallest absolute Gasteiger partial charge is 0.391 e. The number of rotatable bonds is 72. The molecule has 0 bridgehead atoms. The lowest BCUT2D eigenvalue weighted by molar-refractivity contribution is -0.870. The fraction of sp³-hybridized carbons (Fsp3) is 0.793. The molecule has 1 amide bonds. The summed E-state index contributed by atoms with van der Waals surface area (Å²) in [7, 11) is 1.62. The summed E-state index contributed by atoms with van der Waals surface area (Å²) in [4.78, 5) is 23.5. The molecular formula is C82H152N2O6P+. The van der Waals surface area contributed by atoms with E-state index in [0.29, 0.717) is 23.9 Å². The van der Waals surface area contributed by atoms with Gasteiger partial charge in [0.05, 0.1) is 39.9 Å². The first-order chi connectivity index (χ1) is 44.5. The summed E-state index contributed by atoms with van der Waals surface area (Å²) in [6.45, 7) is 4.81.